The number of nitrogens with two attached hydrogens (primary N) is 2. The van der Waals surface area contributed by atoms with Crippen molar-refractivity contribution in [1.29, 1.82) is 0 Å². The zero-order chi connectivity index (χ0) is 13.7. The first-order valence-corrected chi connectivity index (χ1v) is 5.93. The Morgan fingerprint density at radius 3 is 2.05 bits per heavy atom. The van der Waals surface area contributed by atoms with E-state index in [1.807, 2.05) is 12.1 Å². The van der Waals surface area contributed by atoms with Gasteiger partial charge in [0.2, 0.25) is 5.95 Å². The smallest absolute Gasteiger partial charge is 0.231 e. The highest BCUT2D eigenvalue weighted by Crippen LogP contribution is 2.18. The highest BCUT2D eigenvalue weighted by molar-refractivity contribution is 5.58. The first kappa shape index (κ1) is 13.1. The van der Waals surface area contributed by atoms with Crippen LogP contribution in [-0.2, 0) is 6.42 Å². The van der Waals surface area contributed by atoms with Gasteiger partial charge in [-0.25, -0.2) is 11.7 Å². The molecule has 0 saturated heterocycles. The molecule has 0 bridgehead atoms. The Balaban J connectivity index is 2.21. The summed E-state index contributed by atoms with van der Waals surface area (Å²) in [6, 6.07) is 9.65. The maximum absolute atomic E-state index is 5.34. The van der Waals surface area contributed by atoms with Crippen LogP contribution < -0.4 is 27.9 Å². The molecule has 19 heavy (non-hydrogen) atoms. The van der Waals surface area contributed by atoms with Crippen molar-refractivity contribution in [3.63, 3.8) is 0 Å². The number of nitrogen functional groups attached to an aromatic ring is 2. The summed E-state index contributed by atoms with van der Waals surface area (Å²) in [7, 11) is 0. The largest absolute Gasteiger partial charge is 0.324 e. The van der Waals surface area contributed by atoms with E-state index in [1.54, 1.807) is 6.07 Å². The molecule has 0 saturated carbocycles. The summed E-state index contributed by atoms with van der Waals surface area (Å²) in [5.41, 5.74) is 7.09. The molecule has 0 fully saturated rings. The van der Waals surface area contributed by atoms with Crippen molar-refractivity contribution >= 4 is 23.3 Å². The number of hydrazine groups is 2. The lowest BCUT2D eigenvalue weighted by molar-refractivity contribution is 1.12. The minimum atomic E-state index is 0.410. The Bertz CT molecular complexity index is 516. The van der Waals surface area contributed by atoms with E-state index in [0.29, 0.717) is 17.6 Å². The van der Waals surface area contributed by atoms with E-state index < -0.39 is 0 Å². The van der Waals surface area contributed by atoms with Crippen molar-refractivity contribution in [1.82, 2.24) is 9.97 Å². The summed E-state index contributed by atoms with van der Waals surface area (Å²) in [5.74, 6) is 12.0. The Morgan fingerprint density at radius 1 is 1.00 bits per heavy atom. The van der Waals surface area contributed by atoms with E-state index in [1.165, 1.54) is 5.56 Å². The van der Waals surface area contributed by atoms with Gasteiger partial charge in [-0.3, -0.25) is 0 Å². The Morgan fingerprint density at radius 2 is 1.58 bits per heavy atom. The number of hydrogen-bond donors (Lipinski definition) is 5. The van der Waals surface area contributed by atoms with Gasteiger partial charge in [0.15, 0.2) is 0 Å². The normalized spacial score (nSPS) is 10.1. The molecule has 0 aliphatic heterocycles. The summed E-state index contributed by atoms with van der Waals surface area (Å²) in [5, 5.41) is 3.09. The van der Waals surface area contributed by atoms with E-state index in [-0.39, 0.29) is 0 Å². The van der Waals surface area contributed by atoms with Crippen LogP contribution in [-0.4, -0.2) is 9.97 Å². The number of rotatable bonds is 5. The second-order valence-corrected chi connectivity index (χ2v) is 3.93. The molecule has 0 atom stereocenters. The average Bonchev–Trinajstić information content (AvgIpc) is 2.47. The lowest BCUT2D eigenvalue weighted by atomic mass is 10.1. The van der Waals surface area contributed by atoms with Gasteiger partial charge in [0.1, 0.15) is 11.6 Å². The zero-order valence-corrected chi connectivity index (χ0v) is 10.6. The third kappa shape index (κ3) is 3.30. The molecule has 0 radical (unpaired) electrons. The molecule has 1 aromatic heterocycles. The van der Waals surface area contributed by atoms with Gasteiger partial charge < -0.3 is 16.2 Å². The number of hydrogen-bond acceptors (Lipinski definition) is 7. The standard InChI is InChI=1S/C12H17N7/c1-2-8-3-5-9(6-4-8)15-12-16-10(18-13)7-11(17-12)19-14/h3-7H,2,13-14H2,1H3,(H3,15,16,17,18,19). The van der Waals surface area contributed by atoms with E-state index in [2.05, 4.69) is 45.2 Å². The molecule has 1 heterocycles. The number of nitrogens with zero attached hydrogens (tertiary/aromatic N) is 2. The van der Waals surface area contributed by atoms with E-state index in [9.17, 15) is 0 Å². The quantitative estimate of drug-likeness (QED) is 0.407. The van der Waals surface area contributed by atoms with Gasteiger partial charge in [-0.1, -0.05) is 19.1 Å². The topological polar surface area (TPSA) is 114 Å². The Hall–Kier alpha value is -2.38. The summed E-state index contributed by atoms with van der Waals surface area (Å²) in [4.78, 5) is 8.37. The van der Waals surface area contributed by atoms with Gasteiger partial charge in [0, 0.05) is 11.8 Å². The number of aryl methyl sites for hydroxylation is 1. The SMILES string of the molecule is CCc1ccc(Nc2nc(NN)cc(NN)n2)cc1. The molecule has 2 rings (SSSR count). The van der Waals surface area contributed by atoms with Crippen LogP contribution in [0.25, 0.3) is 0 Å². The van der Waals surface area contributed by atoms with Gasteiger partial charge in [-0.2, -0.15) is 9.97 Å². The second kappa shape index (κ2) is 5.98. The molecule has 0 amide bonds. The fraction of sp³-hybridized carbons (Fsp3) is 0.167. The number of aromatic nitrogens is 2. The molecule has 1 aromatic carbocycles. The number of nitrogens with one attached hydrogen (secondary N) is 3. The van der Waals surface area contributed by atoms with Gasteiger partial charge in [0.25, 0.3) is 0 Å². The van der Waals surface area contributed by atoms with Crippen molar-refractivity contribution in [2.75, 3.05) is 16.2 Å². The monoisotopic (exact) mass is 259 g/mol. The van der Waals surface area contributed by atoms with Gasteiger partial charge in [-0.15, -0.1) is 0 Å². The third-order valence-corrected chi connectivity index (χ3v) is 2.64. The molecule has 0 spiro atoms. The maximum Gasteiger partial charge on any atom is 0.231 e. The van der Waals surface area contributed by atoms with E-state index >= 15 is 0 Å². The van der Waals surface area contributed by atoms with Crippen LogP contribution in [0.5, 0.6) is 0 Å². The lowest BCUT2D eigenvalue weighted by Crippen LogP contribution is -2.14. The molecule has 100 valence electrons. The molecule has 2 aromatic rings. The predicted octanol–water partition coefficient (Wildman–Crippen LogP) is 1.35. The van der Waals surface area contributed by atoms with Crippen molar-refractivity contribution < 1.29 is 0 Å². The van der Waals surface area contributed by atoms with Crippen LogP contribution in [0.2, 0.25) is 0 Å². The molecule has 7 heteroatoms. The lowest BCUT2D eigenvalue weighted by Gasteiger charge is -2.09. The molecule has 0 aliphatic carbocycles. The maximum atomic E-state index is 5.34. The molecule has 0 unspecified atom stereocenters. The summed E-state index contributed by atoms with van der Waals surface area (Å²) < 4.78 is 0. The average molecular weight is 259 g/mol. The first-order valence-electron chi connectivity index (χ1n) is 5.93. The first-order chi connectivity index (χ1) is 9.25. The molecular formula is C12H17N7. The van der Waals surface area contributed by atoms with Crippen LogP contribution >= 0.6 is 0 Å². The minimum Gasteiger partial charge on any atom is -0.324 e. The summed E-state index contributed by atoms with van der Waals surface area (Å²) >= 11 is 0. The van der Waals surface area contributed by atoms with Gasteiger partial charge >= 0.3 is 0 Å². The van der Waals surface area contributed by atoms with Crippen molar-refractivity contribution in [3.8, 4) is 0 Å². The predicted molar refractivity (Wildman–Crippen MR) is 76.8 cm³/mol. The van der Waals surface area contributed by atoms with E-state index in [4.69, 9.17) is 11.7 Å². The zero-order valence-electron chi connectivity index (χ0n) is 10.6. The fourth-order valence-electron chi connectivity index (χ4n) is 1.60. The summed E-state index contributed by atoms with van der Waals surface area (Å²) in [6.07, 6.45) is 1.00. The number of anilines is 4. The van der Waals surface area contributed by atoms with Crippen LogP contribution in [0.15, 0.2) is 30.3 Å². The molecule has 7 nitrogen and oxygen atoms in total. The second-order valence-electron chi connectivity index (χ2n) is 3.93. The van der Waals surface area contributed by atoms with Crippen LogP contribution in [0.4, 0.5) is 23.3 Å². The summed E-state index contributed by atoms with van der Waals surface area (Å²) in [6.45, 7) is 2.11. The van der Waals surface area contributed by atoms with Crippen LogP contribution in [0.3, 0.4) is 0 Å². The molecule has 0 aliphatic rings. The fourth-order valence-corrected chi connectivity index (χ4v) is 1.60. The minimum absolute atomic E-state index is 0.410. The highest BCUT2D eigenvalue weighted by Gasteiger charge is 2.03. The Kier molecular flexibility index (Phi) is 4.11. The molecular weight excluding hydrogens is 242 g/mol. The van der Waals surface area contributed by atoms with Crippen molar-refractivity contribution in [2.45, 2.75) is 13.3 Å². The van der Waals surface area contributed by atoms with E-state index in [0.717, 1.165) is 12.1 Å². The van der Waals surface area contributed by atoms with Gasteiger partial charge in [-0.05, 0) is 24.1 Å². The highest BCUT2D eigenvalue weighted by atomic mass is 15.3. The van der Waals surface area contributed by atoms with Crippen molar-refractivity contribution in [2.24, 2.45) is 11.7 Å². The number of benzene rings is 1. The van der Waals surface area contributed by atoms with Crippen LogP contribution in [0, 0.1) is 0 Å². The van der Waals surface area contributed by atoms with Gasteiger partial charge in [0.05, 0.1) is 0 Å². The van der Waals surface area contributed by atoms with Crippen molar-refractivity contribution in [3.05, 3.63) is 35.9 Å². The molecule has 7 N–H and O–H groups in total. The third-order valence-electron chi connectivity index (χ3n) is 2.64. The Labute approximate surface area is 111 Å². The van der Waals surface area contributed by atoms with Crippen LogP contribution in [0.1, 0.15) is 12.5 Å².